The minimum atomic E-state index is 0.190. The van der Waals surface area contributed by atoms with E-state index in [2.05, 4.69) is 50.0 Å². The van der Waals surface area contributed by atoms with Gasteiger partial charge in [-0.1, -0.05) is 32.9 Å². The van der Waals surface area contributed by atoms with E-state index in [-0.39, 0.29) is 5.41 Å². The lowest BCUT2D eigenvalue weighted by Crippen LogP contribution is -2.10. The zero-order chi connectivity index (χ0) is 12.5. The van der Waals surface area contributed by atoms with E-state index in [9.17, 15) is 0 Å². The highest BCUT2D eigenvalue weighted by Gasteiger charge is 2.12. The molecule has 0 aliphatic heterocycles. The van der Waals surface area contributed by atoms with Gasteiger partial charge in [0.1, 0.15) is 0 Å². The molecule has 0 atom stereocenters. The van der Waals surface area contributed by atoms with E-state index in [0.29, 0.717) is 6.54 Å². The molecule has 0 fully saturated rings. The maximum Gasteiger partial charge on any atom is 0.0995 e. The number of rotatable bonds is 2. The molecule has 0 unspecified atom stereocenters. The summed E-state index contributed by atoms with van der Waals surface area (Å²) in [5.41, 5.74) is 9.09. The van der Waals surface area contributed by atoms with E-state index in [1.807, 2.05) is 10.8 Å². The molecule has 0 saturated carbocycles. The largest absolute Gasteiger partial charge is 0.325 e. The standard InChI is InChI=1S/C14H19N3/c1-14(2,3)11-4-6-13(7-5-11)17-9-12(8-15)16-10-17/h4-7,9-10H,8,15H2,1-3H3. The van der Waals surface area contributed by atoms with Gasteiger partial charge in [-0.05, 0) is 23.1 Å². The fourth-order valence-corrected chi connectivity index (χ4v) is 1.74. The second kappa shape index (κ2) is 4.34. The second-order valence-corrected chi connectivity index (χ2v) is 5.27. The summed E-state index contributed by atoms with van der Waals surface area (Å²) in [4.78, 5) is 4.22. The molecule has 0 radical (unpaired) electrons. The summed E-state index contributed by atoms with van der Waals surface area (Å²) in [7, 11) is 0. The van der Waals surface area contributed by atoms with Crippen molar-refractivity contribution in [1.29, 1.82) is 0 Å². The molecule has 0 bridgehead atoms. The van der Waals surface area contributed by atoms with E-state index < -0.39 is 0 Å². The normalized spacial score (nSPS) is 11.8. The number of nitrogens with two attached hydrogens (primary N) is 1. The van der Waals surface area contributed by atoms with E-state index in [1.165, 1.54) is 5.56 Å². The molecule has 90 valence electrons. The van der Waals surface area contributed by atoms with Crippen molar-refractivity contribution in [1.82, 2.24) is 9.55 Å². The van der Waals surface area contributed by atoms with Gasteiger partial charge in [-0.25, -0.2) is 4.98 Å². The minimum Gasteiger partial charge on any atom is -0.325 e. The van der Waals surface area contributed by atoms with Crippen LogP contribution in [0.1, 0.15) is 32.0 Å². The highest BCUT2D eigenvalue weighted by Crippen LogP contribution is 2.23. The highest BCUT2D eigenvalue weighted by molar-refractivity contribution is 5.37. The van der Waals surface area contributed by atoms with Crippen LogP contribution in [-0.2, 0) is 12.0 Å². The van der Waals surface area contributed by atoms with Crippen molar-refractivity contribution in [2.75, 3.05) is 0 Å². The van der Waals surface area contributed by atoms with Crippen LogP contribution in [0.15, 0.2) is 36.8 Å². The van der Waals surface area contributed by atoms with Crippen LogP contribution >= 0.6 is 0 Å². The van der Waals surface area contributed by atoms with Crippen LogP contribution in [0.2, 0.25) is 0 Å². The Balaban J connectivity index is 2.29. The van der Waals surface area contributed by atoms with Gasteiger partial charge in [0.05, 0.1) is 12.0 Å². The third-order valence-electron chi connectivity index (χ3n) is 2.88. The van der Waals surface area contributed by atoms with Crippen molar-refractivity contribution in [2.45, 2.75) is 32.7 Å². The minimum absolute atomic E-state index is 0.190. The van der Waals surface area contributed by atoms with Crippen LogP contribution in [0.5, 0.6) is 0 Å². The fourth-order valence-electron chi connectivity index (χ4n) is 1.74. The maximum atomic E-state index is 5.55. The number of aromatic nitrogens is 2. The lowest BCUT2D eigenvalue weighted by molar-refractivity contribution is 0.590. The highest BCUT2D eigenvalue weighted by atomic mass is 15.0. The quantitative estimate of drug-likeness (QED) is 0.860. The SMILES string of the molecule is CC(C)(C)c1ccc(-n2cnc(CN)c2)cc1. The van der Waals surface area contributed by atoms with E-state index in [1.54, 1.807) is 6.33 Å². The Hall–Kier alpha value is -1.61. The Kier molecular flexibility index (Phi) is 3.03. The predicted molar refractivity (Wildman–Crippen MR) is 70.2 cm³/mol. The van der Waals surface area contributed by atoms with Crippen LogP contribution in [0, 0.1) is 0 Å². The van der Waals surface area contributed by atoms with Gasteiger partial charge in [-0.3, -0.25) is 0 Å². The molecular formula is C14H19N3. The number of hydrogen-bond acceptors (Lipinski definition) is 2. The Labute approximate surface area is 102 Å². The van der Waals surface area contributed by atoms with E-state index >= 15 is 0 Å². The fraction of sp³-hybridized carbons (Fsp3) is 0.357. The Morgan fingerprint density at radius 3 is 2.29 bits per heavy atom. The average Bonchev–Trinajstić information content (AvgIpc) is 2.76. The molecule has 1 aromatic heterocycles. The van der Waals surface area contributed by atoms with Gasteiger partial charge >= 0.3 is 0 Å². The summed E-state index contributed by atoms with van der Waals surface area (Å²) in [6.45, 7) is 7.12. The molecule has 1 aromatic carbocycles. The van der Waals surface area contributed by atoms with Gasteiger partial charge in [0.25, 0.3) is 0 Å². The predicted octanol–water partition coefficient (Wildman–Crippen LogP) is 2.63. The zero-order valence-electron chi connectivity index (χ0n) is 10.6. The molecular weight excluding hydrogens is 210 g/mol. The van der Waals surface area contributed by atoms with Gasteiger partial charge in [0.2, 0.25) is 0 Å². The van der Waals surface area contributed by atoms with Crippen LogP contribution in [0.3, 0.4) is 0 Å². The molecule has 1 heterocycles. The third kappa shape index (κ3) is 2.56. The van der Waals surface area contributed by atoms with Crippen LogP contribution in [0.4, 0.5) is 0 Å². The molecule has 0 saturated heterocycles. The summed E-state index contributed by atoms with van der Waals surface area (Å²) in [5, 5.41) is 0. The average molecular weight is 229 g/mol. The first-order chi connectivity index (χ1) is 8.00. The summed E-state index contributed by atoms with van der Waals surface area (Å²) in [6.07, 6.45) is 3.76. The summed E-state index contributed by atoms with van der Waals surface area (Å²) < 4.78 is 1.99. The number of imidazole rings is 1. The van der Waals surface area contributed by atoms with Gasteiger partial charge in [-0.15, -0.1) is 0 Å². The van der Waals surface area contributed by atoms with Crippen molar-refractivity contribution in [3.05, 3.63) is 48.0 Å². The van der Waals surface area contributed by atoms with Crippen molar-refractivity contribution >= 4 is 0 Å². The Morgan fingerprint density at radius 2 is 1.82 bits per heavy atom. The van der Waals surface area contributed by atoms with E-state index in [0.717, 1.165) is 11.4 Å². The molecule has 2 rings (SSSR count). The first kappa shape index (κ1) is 11.9. The summed E-state index contributed by atoms with van der Waals surface area (Å²) in [5.74, 6) is 0. The summed E-state index contributed by atoms with van der Waals surface area (Å²) >= 11 is 0. The maximum absolute atomic E-state index is 5.55. The molecule has 2 N–H and O–H groups in total. The molecule has 3 nitrogen and oxygen atoms in total. The summed E-state index contributed by atoms with van der Waals surface area (Å²) in [6, 6.07) is 8.56. The van der Waals surface area contributed by atoms with Crippen molar-refractivity contribution < 1.29 is 0 Å². The molecule has 2 aromatic rings. The lowest BCUT2D eigenvalue weighted by Gasteiger charge is -2.19. The number of benzene rings is 1. The van der Waals surface area contributed by atoms with Crippen LogP contribution < -0.4 is 5.73 Å². The topological polar surface area (TPSA) is 43.8 Å². The van der Waals surface area contributed by atoms with Crippen LogP contribution in [0.25, 0.3) is 5.69 Å². The van der Waals surface area contributed by atoms with Crippen molar-refractivity contribution in [2.24, 2.45) is 5.73 Å². The third-order valence-corrected chi connectivity index (χ3v) is 2.88. The van der Waals surface area contributed by atoms with Gasteiger partial charge in [0, 0.05) is 18.4 Å². The molecule has 17 heavy (non-hydrogen) atoms. The first-order valence-corrected chi connectivity index (χ1v) is 5.84. The van der Waals surface area contributed by atoms with Crippen molar-refractivity contribution in [3.63, 3.8) is 0 Å². The Bertz CT molecular complexity index is 489. The van der Waals surface area contributed by atoms with Crippen LogP contribution in [-0.4, -0.2) is 9.55 Å². The number of hydrogen-bond donors (Lipinski definition) is 1. The van der Waals surface area contributed by atoms with Gasteiger partial charge in [-0.2, -0.15) is 0 Å². The molecule has 0 aliphatic rings. The first-order valence-electron chi connectivity index (χ1n) is 5.84. The molecule has 0 aliphatic carbocycles. The zero-order valence-corrected chi connectivity index (χ0v) is 10.6. The lowest BCUT2D eigenvalue weighted by atomic mass is 9.87. The number of nitrogens with zero attached hydrogens (tertiary/aromatic N) is 2. The van der Waals surface area contributed by atoms with Gasteiger partial charge in [0.15, 0.2) is 0 Å². The molecule has 0 spiro atoms. The smallest absolute Gasteiger partial charge is 0.0995 e. The monoisotopic (exact) mass is 229 g/mol. The second-order valence-electron chi connectivity index (χ2n) is 5.27. The Morgan fingerprint density at radius 1 is 1.18 bits per heavy atom. The van der Waals surface area contributed by atoms with Gasteiger partial charge < -0.3 is 10.3 Å². The van der Waals surface area contributed by atoms with Crippen molar-refractivity contribution in [3.8, 4) is 5.69 Å². The van der Waals surface area contributed by atoms with E-state index in [4.69, 9.17) is 5.73 Å². The molecule has 3 heteroatoms. The molecule has 0 amide bonds.